The van der Waals surface area contributed by atoms with E-state index in [1.54, 1.807) is 20.8 Å². The molecule has 2 rings (SSSR count). The van der Waals surface area contributed by atoms with E-state index in [1.807, 2.05) is 37.3 Å². The summed E-state index contributed by atoms with van der Waals surface area (Å²) in [5.74, 6) is -0.926. The van der Waals surface area contributed by atoms with Crippen LogP contribution in [0.15, 0.2) is 30.3 Å². The van der Waals surface area contributed by atoms with Gasteiger partial charge in [-0.3, -0.25) is 9.69 Å². The number of amides is 1. The number of rotatable bonds is 5. The second kappa shape index (κ2) is 7.44. The van der Waals surface area contributed by atoms with Gasteiger partial charge in [-0.25, -0.2) is 4.79 Å². The summed E-state index contributed by atoms with van der Waals surface area (Å²) in [6.07, 6.45) is -0.118. The number of carboxylic acids is 1. The summed E-state index contributed by atoms with van der Waals surface area (Å²) < 4.78 is 5.35. The van der Waals surface area contributed by atoms with Crippen LogP contribution in [0.25, 0.3) is 0 Å². The molecule has 0 spiro atoms. The number of ether oxygens (including phenoxy) is 1. The van der Waals surface area contributed by atoms with Gasteiger partial charge in [-0.15, -0.1) is 0 Å². The van der Waals surface area contributed by atoms with Gasteiger partial charge in [0.2, 0.25) is 0 Å². The third-order valence-corrected chi connectivity index (χ3v) is 4.64. The van der Waals surface area contributed by atoms with E-state index in [0.29, 0.717) is 6.42 Å². The molecular weight excluding hydrogens is 320 g/mol. The fourth-order valence-corrected chi connectivity index (χ4v) is 3.35. The maximum absolute atomic E-state index is 12.3. The number of nitrogens with zero attached hydrogens (tertiary/aromatic N) is 1. The van der Waals surface area contributed by atoms with E-state index in [2.05, 4.69) is 10.2 Å². The molecule has 0 radical (unpaired) electrons. The summed E-state index contributed by atoms with van der Waals surface area (Å²) in [5.41, 5.74) is -0.291. The number of benzene rings is 1. The van der Waals surface area contributed by atoms with Crippen molar-refractivity contribution in [2.75, 3.05) is 6.54 Å². The number of carbonyl (C=O) groups excluding carboxylic acids is 1. The van der Waals surface area contributed by atoms with E-state index in [-0.39, 0.29) is 12.5 Å². The number of aliphatic carboxylic acids is 1. The largest absolute Gasteiger partial charge is 0.481 e. The molecular formula is C19H28N2O4. The highest BCUT2D eigenvalue weighted by molar-refractivity contribution is 5.73. The van der Waals surface area contributed by atoms with Crippen molar-refractivity contribution in [3.05, 3.63) is 35.9 Å². The van der Waals surface area contributed by atoms with Crippen molar-refractivity contribution in [1.82, 2.24) is 10.2 Å². The van der Waals surface area contributed by atoms with Crippen LogP contribution in [0.3, 0.4) is 0 Å². The van der Waals surface area contributed by atoms with Gasteiger partial charge < -0.3 is 15.2 Å². The molecule has 1 amide bonds. The lowest BCUT2D eigenvalue weighted by Gasteiger charge is -2.36. The molecule has 0 saturated carbocycles. The minimum Gasteiger partial charge on any atom is -0.481 e. The number of alkyl carbamates (subject to hydrolysis) is 1. The van der Waals surface area contributed by atoms with Crippen molar-refractivity contribution in [3.63, 3.8) is 0 Å². The topological polar surface area (TPSA) is 78.9 Å². The third kappa shape index (κ3) is 5.19. The average molecular weight is 348 g/mol. The predicted octanol–water partition coefficient (Wildman–Crippen LogP) is 3.02. The standard InChI is InChI=1S/C19H28N2O4/c1-14-19(12-16(22)23,20-17(24)25-18(2,3)4)10-11-21(14)13-15-8-6-5-7-9-15/h5-9,14H,10-13H2,1-4H3,(H,20,24)(H,22,23). The molecule has 0 aliphatic carbocycles. The molecule has 0 aromatic heterocycles. The molecule has 2 atom stereocenters. The number of carboxylic acid groups (broad SMARTS) is 1. The third-order valence-electron chi connectivity index (χ3n) is 4.64. The van der Waals surface area contributed by atoms with Gasteiger partial charge in [-0.2, -0.15) is 0 Å². The van der Waals surface area contributed by atoms with E-state index in [4.69, 9.17) is 4.74 Å². The summed E-state index contributed by atoms with van der Waals surface area (Å²) >= 11 is 0. The van der Waals surface area contributed by atoms with Gasteiger partial charge in [0.15, 0.2) is 0 Å². The van der Waals surface area contributed by atoms with Crippen molar-refractivity contribution >= 4 is 12.1 Å². The smallest absolute Gasteiger partial charge is 0.408 e. The Morgan fingerprint density at radius 1 is 1.32 bits per heavy atom. The monoisotopic (exact) mass is 348 g/mol. The SMILES string of the molecule is CC1N(Cc2ccccc2)CCC1(CC(=O)O)NC(=O)OC(C)(C)C. The molecule has 138 valence electrons. The molecule has 0 bridgehead atoms. The normalized spacial score (nSPS) is 24.1. The number of nitrogens with one attached hydrogen (secondary N) is 1. The van der Waals surface area contributed by atoms with Gasteiger partial charge >= 0.3 is 12.1 Å². The molecule has 1 aromatic carbocycles. The maximum Gasteiger partial charge on any atom is 0.408 e. The summed E-state index contributed by atoms with van der Waals surface area (Å²) in [7, 11) is 0. The number of likely N-dealkylation sites (tertiary alicyclic amines) is 1. The first kappa shape index (κ1) is 19.2. The van der Waals surface area contributed by atoms with Crippen LogP contribution >= 0.6 is 0 Å². The molecule has 6 nitrogen and oxygen atoms in total. The van der Waals surface area contributed by atoms with Crippen LogP contribution in [-0.2, 0) is 16.1 Å². The van der Waals surface area contributed by atoms with Crippen LogP contribution in [0.5, 0.6) is 0 Å². The van der Waals surface area contributed by atoms with E-state index >= 15 is 0 Å². The zero-order valence-electron chi connectivity index (χ0n) is 15.4. The first-order valence-electron chi connectivity index (χ1n) is 8.62. The summed E-state index contributed by atoms with van der Waals surface area (Å²) in [6, 6.07) is 9.92. The van der Waals surface area contributed by atoms with Crippen molar-refractivity contribution < 1.29 is 19.4 Å². The van der Waals surface area contributed by atoms with Gasteiger partial charge in [0.1, 0.15) is 5.60 Å². The van der Waals surface area contributed by atoms with Gasteiger partial charge in [0.05, 0.1) is 12.0 Å². The van der Waals surface area contributed by atoms with Crippen LogP contribution in [0.2, 0.25) is 0 Å². The van der Waals surface area contributed by atoms with Crippen molar-refractivity contribution in [2.24, 2.45) is 0 Å². The van der Waals surface area contributed by atoms with Gasteiger partial charge in [-0.05, 0) is 39.7 Å². The maximum atomic E-state index is 12.3. The highest BCUT2D eigenvalue weighted by Crippen LogP contribution is 2.33. The quantitative estimate of drug-likeness (QED) is 0.855. The second-order valence-electron chi connectivity index (χ2n) is 7.74. The Labute approximate surface area is 149 Å². The zero-order valence-corrected chi connectivity index (χ0v) is 15.4. The number of hydrogen-bond donors (Lipinski definition) is 2. The number of carbonyl (C=O) groups is 2. The highest BCUT2D eigenvalue weighted by Gasteiger charge is 2.48. The molecule has 25 heavy (non-hydrogen) atoms. The van der Waals surface area contributed by atoms with Crippen LogP contribution in [0.1, 0.15) is 46.1 Å². The first-order valence-corrected chi connectivity index (χ1v) is 8.62. The lowest BCUT2D eigenvalue weighted by atomic mass is 9.87. The Bertz CT molecular complexity index is 612. The molecule has 1 aliphatic rings. The summed E-state index contributed by atoms with van der Waals surface area (Å²) in [4.78, 5) is 25.9. The van der Waals surface area contributed by atoms with Crippen molar-refractivity contribution in [2.45, 2.75) is 64.3 Å². The van der Waals surface area contributed by atoms with Crippen LogP contribution in [0.4, 0.5) is 4.79 Å². The average Bonchev–Trinajstić information content (AvgIpc) is 2.75. The van der Waals surface area contributed by atoms with Crippen molar-refractivity contribution in [1.29, 1.82) is 0 Å². The Kier molecular flexibility index (Phi) is 5.72. The second-order valence-corrected chi connectivity index (χ2v) is 7.74. The molecule has 2 unspecified atom stereocenters. The fraction of sp³-hybridized carbons (Fsp3) is 0.579. The van der Waals surface area contributed by atoms with E-state index in [1.165, 1.54) is 0 Å². The van der Waals surface area contributed by atoms with Crippen molar-refractivity contribution in [3.8, 4) is 0 Å². The van der Waals surface area contributed by atoms with Gasteiger partial charge in [0.25, 0.3) is 0 Å². The first-order chi connectivity index (χ1) is 11.6. The highest BCUT2D eigenvalue weighted by atomic mass is 16.6. The lowest BCUT2D eigenvalue weighted by molar-refractivity contribution is -0.138. The minimum atomic E-state index is -0.926. The zero-order chi connectivity index (χ0) is 18.7. The van der Waals surface area contributed by atoms with Crippen LogP contribution < -0.4 is 5.32 Å². The molecule has 1 saturated heterocycles. The van der Waals surface area contributed by atoms with E-state index in [0.717, 1.165) is 18.7 Å². The Morgan fingerprint density at radius 3 is 2.52 bits per heavy atom. The lowest BCUT2D eigenvalue weighted by Crippen LogP contribution is -2.57. The Hall–Kier alpha value is -2.08. The molecule has 1 aliphatic heterocycles. The minimum absolute atomic E-state index is 0.115. The molecule has 1 aromatic rings. The predicted molar refractivity (Wildman–Crippen MR) is 95.3 cm³/mol. The molecule has 1 fully saturated rings. The summed E-state index contributed by atoms with van der Waals surface area (Å²) in [6.45, 7) is 8.78. The fourth-order valence-electron chi connectivity index (χ4n) is 3.35. The number of hydrogen-bond acceptors (Lipinski definition) is 4. The van der Waals surface area contributed by atoms with Crippen LogP contribution in [-0.4, -0.2) is 45.8 Å². The van der Waals surface area contributed by atoms with Gasteiger partial charge in [-0.1, -0.05) is 30.3 Å². The van der Waals surface area contributed by atoms with E-state index in [9.17, 15) is 14.7 Å². The molecule has 1 heterocycles. The van der Waals surface area contributed by atoms with E-state index < -0.39 is 23.2 Å². The Balaban J connectivity index is 2.14. The Morgan fingerprint density at radius 2 is 1.96 bits per heavy atom. The molecule has 2 N–H and O–H groups in total. The molecule has 6 heteroatoms. The summed E-state index contributed by atoms with van der Waals surface area (Å²) in [5, 5.41) is 12.2. The van der Waals surface area contributed by atoms with Crippen LogP contribution in [0, 0.1) is 0 Å². The van der Waals surface area contributed by atoms with Gasteiger partial charge in [0, 0.05) is 19.1 Å².